The van der Waals surface area contributed by atoms with Crippen molar-refractivity contribution in [3.8, 4) is 0 Å². The van der Waals surface area contributed by atoms with Crippen LogP contribution in [0.3, 0.4) is 0 Å². The first-order valence-corrected chi connectivity index (χ1v) is 23.9. The molecular formula is C32H30Cl2Si2Zr-4. The van der Waals surface area contributed by atoms with E-state index in [2.05, 4.69) is 111 Å². The molecule has 0 nitrogen and oxygen atoms in total. The zero-order valence-corrected chi connectivity index (χ0v) is 27.3. The molecule has 6 aromatic rings. The molecule has 0 aliphatic carbocycles. The van der Waals surface area contributed by atoms with Gasteiger partial charge < -0.3 is 24.8 Å². The van der Waals surface area contributed by atoms with Gasteiger partial charge in [0.25, 0.3) is 0 Å². The third kappa shape index (κ3) is 6.23. The zero-order chi connectivity index (χ0) is 23.8. The largest absolute Gasteiger partial charge is 1.00 e. The predicted octanol–water partition coefficient (Wildman–Crippen LogP) is 3.13. The smallest absolute Gasteiger partial charge is 0.0370 e. The molecule has 188 valence electrons. The second kappa shape index (κ2) is 12.6. The number of hydrogen-bond acceptors (Lipinski definition) is 0. The van der Waals surface area contributed by atoms with E-state index in [1.807, 2.05) is 0 Å². The molecule has 0 saturated carbocycles. The van der Waals surface area contributed by atoms with Crippen LogP contribution in [0.2, 0.25) is 24.2 Å². The first kappa shape index (κ1) is 28.5. The Kier molecular flexibility index (Phi) is 9.70. The molecule has 6 aromatic carbocycles. The molecule has 0 fully saturated rings. The van der Waals surface area contributed by atoms with Crippen molar-refractivity contribution in [2.24, 2.45) is 0 Å². The molecule has 2 aliphatic heterocycles. The van der Waals surface area contributed by atoms with Crippen molar-refractivity contribution < 1.29 is 45.3 Å². The minimum Gasteiger partial charge on any atom is -1.00 e. The number of rotatable bonds is 0. The van der Waals surface area contributed by atoms with Gasteiger partial charge in [0.2, 0.25) is 0 Å². The topological polar surface area (TPSA) is 0 Å². The van der Waals surface area contributed by atoms with E-state index in [9.17, 15) is 0 Å². The van der Waals surface area contributed by atoms with E-state index in [1.165, 1.54) is 54.2 Å². The van der Waals surface area contributed by atoms with Gasteiger partial charge in [-0.3, -0.25) is 0 Å². The average molecular weight is 633 g/mol. The Balaban J connectivity index is 0.000000133. The summed E-state index contributed by atoms with van der Waals surface area (Å²) >= 11 is 0.465. The van der Waals surface area contributed by atoms with Crippen LogP contribution >= 0.6 is 0 Å². The Bertz CT molecular complexity index is 1630. The Morgan fingerprint density at radius 2 is 0.946 bits per heavy atom. The maximum Gasteiger partial charge on any atom is -0.0370 e. The maximum atomic E-state index is 2.26. The Labute approximate surface area is 243 Å². The molecule has 0 N–H and O–H groups in total. The third-order valence-electron chi connectivity index (χ3n) is 7.33. The normalized spacial score (nSPS) is 13.2. The molecule has 0 atom stereocenters. The summed E-state index contributed by atoms with van der Waals surface area (Å²) in [4.78, 5) is 0. The molecule has 0 radical (unpaired) electrons. The summed E-state index contributed by atoms with van der Waals surface area (Å²) in [6.07, 6.45) is 0. The second-order valence-electron chi connectivity index (χ2n) is 9.98. The van der Waals surface area contributed by atoms with Gasteiger partial charge in [-0.05, 0) is 10.8 Å². The molecule has 2 bridgehead atoms. The van der Waals surface area contributed by atoms with Crippen LogP contribution in [0.5, 0.6) is 0 Å². The summed E-state index contributed by atoms with van der Waals surface area (Å²) in [7, 11) is 0. The van der Waals surface area contributed by atoms with Gasteiger partial charge >= 0.3 is 55.5 Å². The first-order valence-electron chi connectivity index (χ1n) is 12.7. The van der Waals surface area contributed by atoms with Gasteiger partial charge in [0.1, 0.15) is 0 Å². The van der Waals surface area contributed by atoms with Gasteiger partial charge in [0.05, 0.1) is 0 Å². The third-order valence-corrected chi connectivity index (χ3v) is 37.6. The SMILES string of the molecule is C1C[Si]2=[Zr]=[Si]1CC2.Cc1cc2c(ccc3ccccc32)[cH-]1.Cc1cc2c(ccc3ccccc32)[cH-]1.[Cl-].[Cl-]. The van der Waals surface area contributed by atoms with Gasteiger partial charge in [0.15, 0.2) is 0 Å². The van der Waals surface area contributed by atoms with Crippen LogP contribution in [0, 0.1) is 13.8 Å². The van der Waals surface area contributed by atoms with E-state index in [1.54, 1.807) is 24.2 Å². The van der Waals surface area contributed by atoms with Gasteiger partial charge in [-0.2, -0.15) is 12.1 Å². The number of benzene rings is 4. The minimum absolute atomic E-state index is 0. The second-order valence-corrected chi connectivity index (χ2v) is 31.4. The molecule has 0 saturated heterocycles. The fraction of sp³-hybridized carbons (Fsp3) is 0.188. The number of hydrogen-bond donors (Lipinski definition) is 0. The minimum atomic E-state index is 0. The fourth-order valence-electron chi connectivity index (χ4n) is 5.58. The molecule has 2 aliphatic rings. The zero-order valence-electron chi connectivity index (χ0n) is 21.3. The van der Waals surface area contributed by atoms with Crippen LogP contribution in [-0.4, -0.2) is 10.9 Å². The van der Waals surface area contributed by atoms with Crippen LogP contribution in [0.15, 0.2) is 97.1 Å². The monoisotopic (exact) mass is 630 g/mol. The maximum absolute atomic E-state index is 2.26. The summed E-state index contributed by atoms with van der Waals surface area (Å²) in [5.41, 5.74) is 3.76. The van der Waals surface area contributed by atoms with E-state index in [0.29, 0.717) is 31.3 Å². The van der Waals surface area contributed by atoms with E-state index in [-0.39, 0.29) is 24.8 Å². The molecule has 0 aromatic heterocycles. The van der Waals surface area contributed by atoms with Gasteiger partial charge in [-0.1, -0.05) is 85.3 Å². The molecule has 0 amide bonds. The summed E-state index contributed by atoms with van der Waals surface area (Å²) in [5.74, 6) is 0. The number of fused-ring (bicyclic) bond motifs is 6. The molecule has 2 heterocycles. The first-order chi connectivity index (χ1) is 17.1. The Morgan fingerprint density at radius 1 is 0.541 bits per heavy atom. The van der Waals surface area contributed by atoms with E-state index < -0.39 is 0 Å². The van der Waals surface area contributed by atoms with Gasteiger partial charge in [-0.15, -0.1) is 56.9 Å². The van der Waals surface area contributed by atoms with Crippen molar-refractivity contribution in [1.82, 2.24) is 0 Å². The van der Waals surface area contributed by atoms with Crippen LogP contribution in [0.1, 0.15) is 11.1 Å². The van der Waals surface area contributed by atoms with Crippen LogP contribution in [0.25, 0.3) is 43.1 Å². The van der Waals surface area contributed by atoms with Crippen molar-refractivity contribution in [3.63, 3.8) is 0 Å². The molecular weight excluding hydrogens is 603 g/mol. The van der Waals surface area contributed by atoms with E-state index in [4.69, 9.17) is 0 Å². The number of aryl methyl sites for hydroxylation is 2. The van der Waals surface area contributed by atoms with Crippen molar-refractivity contribution in [2.45, 2.75) is 38.0 Å². The van der Waals surface area contributed by atoms with Crippen molar-refractivity contribution in [3.05, 3.63) is 108 Å². The summed E-state index contributed by atoms with van der Waals surface area (Å²) in [6.45, 7) is 4.30. The standard InChI is InChI=1S/2C14H11.C4H8Si2.2ClH.Zr/c2*1-10-8-12-7-6-11-4-2-3-5-13(11)14(12)9-10;1-2-6-4-3-5-1;;;/h2*2-9H,1H3;1-4H2;2*1H;/q2*-1;;;;/p-2. The Morgan fingerprint density at radius 3 is 1.32 bits per heavy atom. The predicted molar refractivity (Wildman–Crippen MR) is 154 cm³/mol. The molecule has 5 heteroatoms. The fourth-order valence-corrected chi connectivity index (χ4v) is 48.1. The number of halogens is 2. The van der Waals surface area contributed by atoms with Gasteiger partial charge in [0, 0.05) is 0 Å². The summed E-state index contributed by atoms with van der Waals surface area (Å²) in [5, 5.41) is 10.8. The van der Waals surface area contributed by atoms with Crippen molar-refractivity contribution in [2.75, 3.05) is 0 Å². The summed E-state index contributed by atoms with van der Waals surface area (Å²) < 4.78 is 0. The Hall–Kier alpha value is -1.48. The molecule has 0 unspecified atom stereocenters. The van der Waals surface area contributed by atoms with Crippen LogP contribution in [0.4, 0.5) is 0 Å². The molecule has 37 heavy (non-hydrogen) atoms. The van der Waals surface area contributed by atoms with Crippen LogP contribution in [-0.2, 0) is 20.5 Å². The van der Waals surface area contributed by atoms with Crippen LogP contribution < -0.4 is 24.8 Å². The van der Waals surface area contributed by atoms with E-state index in [0.717, 1.165) is 0 Å². The average Bonchev–Trinajstić information content (AvgIpc) is 3.68. The quantitative estimate of drug-likeness (QED) is 0.179. The van der Waals surface area contributed by atoms with Crippen molar-refractivity contribution in [1.29, 1.82) is 0 Å². The molecule has 0 spiro atoms. The van der Waals surface area contributed by atoms with Gasteiger partial charge in [-0.25, -0.2) is 0 Å². The molecule has 8 rings (SSSR count). The van der Waals surface area contributed by atoms with E-state index >= 15 is 0 Å². The van der Waals surface area contributed by atoms with Crippen molar-refractivity contribution >= 4 is 54.0 Å². The summed E-state index contributed by atoms with van der Waals surface area (Å²) in [6, 6.07) is 42.0.